The van der Waals surface area contributed by atoms with Crippen LogP contribution in [0.2, 0.25) is 5.02 Å². The van der Waals surface area contributed by atoms with Crippen LogP contribution in [0.4, 0.5) is 5.69 Å². The Morgan fingerprint density at radius 1 is 1.17 bits per heavy atom. The van der Waals surface area contributed by atoms with E-state index in [-0.39, 0.29) is 18.1 Å². The summed E-state index contributed by atoms with van der Waals surface area (Å²) >= 11 is 6.49. The molecule has 0 aromatic heterocycles. The van der Waals surface area contributed by atoms with Gasteiger partial charge in [0.05, 0.1) is 17.0 Å². The van der Waals surface area contributed by atoms with Crippen molar-refractivity contribution in [2.75, 3.05) is 18.5 Å². The second-order valence-corrected chi connectivity index (χ2v) is 10.4. The minimum absolute atomic E-state index is 0.0300. The second kappa shape index (κ2) is 8.00. The van der Waals surface area contributed by atoms with Crippen LogP contribution in [-0.4, -0.2) is 27.7 Å². The van der Waals surface area contributed by atoms with Crippen molar-refractivity contribution in [2.24, 2.45) is 5.92 Å². The zero-order valence-electron chi connectivity index (χ0n) is 16.6. The number of anilines is 1. The van der Waals surface area contributed by atoms with E-state index in [4.69, 9.17) is 16.3 Å². The van der Waals surface area contributed by atoms with E-state index in [9.17, 15) is 8.42 Å². The third-order valence-electron chi connectivity index (χ3n) is 6.41. The summed E-state index contributed by atoms with van der Waals surface area (Å²) in [4.78, 5) is 0.302. The van der Waals surface area contributed by atoms with E-state index < -0.39 is 10.0 Å². The molecule has 0 spiro atoms. The number of fused-ring (bicyclic) bond motifs is 3. The van der Waals surface area contributed by atoms with E-state index in [2.05, 4.69) is 28.3 Å². The molecule has 30 heavy (non-hydrogen) atoms. The summed E-state index contributed by atoms with van der Waals surface area (Å²) in [7, 11) is -3.59. The largest absolute Gasteiger partial charge is 0.378 e. The van der Waals surface area contributed by atoms with Gasteiger partial charge in [-0.1, -0.05) is 42.0 Å². The average molecular weight is 445 g/mol. The average Bonchev–Trinajstić information content (AvgIpc) is 3.44. The van der Waals surface area contributed by atoms with E-state index in [1.807, 2.05) is 30.3 Å². The molecule has 2 N–H and O–H groups in total. The molecule has 2 heterocycles. The summed E-state index contributed by atoms with van der Waals surface area (Å²) < 4.78 is 34.0. The number of allylic oxidation sites excluding steroid dienone is 2. The normalized spacial score (nSPS) is 27.5. The van der Waals surface area contributed by atoms with Gasteiger partial charge in [0.1, 0.15) is 0 Å². The third-order valence-corrected chi connectivity index (χ3v) is 8.18. The highest BCUT2D eigenvalue weighted by atomic mass is 35.5. The van der Waals surface area contributed by atoms with Gasteiger partial charge < -0.3 is 10.1 Å². The maximum absolute atomic E-state index is 12.9. The molecular weight excluding hydrogens is 420 g/mol. The first-order valence-corrected chi connectivity index (χ1v) is 12.3. The summed E-state index contributed by atoms with van der Waals surface area (Å²) in [5, 5.41) is 4.37. The molecule has 7 heteroatoms. The molecule has 0 radical (unpaired) electrons. The lowest BCUT2D eigenvalue weighted by Crippen LogP contribution is -2.32. The lowest BCUT2D eigenvalue weighted by atomic mass is 9.77. The van der Waals surface area contributed by atoms with Gasteiger partial charge in [-0.25, -0.2) is 13.1 Å². The molecule has 2 aromatic rings. The molecule has 0 amide bonds. The maximum atomic E-state index is 12.9. The highest BCUT2D eigenvalue weighted by Gasteiger charge is 2.39. The van der Waals surface area contributed by atoms with Crippen LogP contribution in [-0.2, 0) is 14.8 Å². The van der Waals surface area contributed by atoms with Crippen molar-refractivity contribution in [1.82, 2.24) is 4.72 Å². The van der Waals surface area contributed by atoms with Gasteiger partial charge in [-0.3, -0.25) is 0 Å². The predicted molar refractivity (Wildman–Crippen MR) is 118 cm³/mol. The van der Waals surface area contributed by atoms with Crippen LogP contribution in [0.15, 0.2) is 59.5 Å². The Kier molecular flexibility index (Phi) is 5.35. The SMILES string of the molecule is O=S(=O)(NCC1CCCO1)c1ccc2c(c1)C1C=CCC1C(c1ccccc1Cl)N2. The van der Waals surface area contributed by atoms with Crippen LogP contribution in [0.1, 0.15) is 42.3 Å². The highest BCUT2D eigenvalue weighted by Crippen LogP contribution is 2.51. The van der Waals surface area contributed by atoms with Gasteiger partial charge >= 0.3 is 0 Å². The number of rotatable bonds is 5. The van der Waals surface area contributed by atoms with Gasteiger partial charge in [0.2, 0.25) is 10.0 Å². The summed E-state index contributed by atoms with van der Waals surface area (Å²) in [5.74, 6) is 0.464. The summed E-state index contributed by atoms with van der Waals surface area (Å²) in [6, 6.07) is 13.4. The van der Waals surface area contributed by atoms with Crippen molar-refractivity contribution in [3.63, 3.8) is 0 Å². The summed E-state index contributed by atoms with van der Waals surface area (Å²) in [6.07, 6.45) is 7.17. The topological polar surface area (TPSA) is 67.4 Å². The van der Waals surface area contributed by atoms with E-state index >= 15 is 0 Å². The molecule has 1 fully saturated rings. The predicted octanol–water partition coefficient (Wildman–Crippen LogP) is 4.62. The summed E-state index contributed by atoms with van der Waals surface area (Å²) in [5.41, 5.74) is 3.07. The molecule has 5 rings (SSSR count). The van der Waals surface area contributed by atoms with Gasteiger partial charge in [-0.2, -0.15) is 0 Å². The van der Waals surface area contributed by atoms with Gasteiger partial charge in [0.15, 0.2) is 0 Å². The first-order valence-electron chi connectivity index (χ1n) is 10.5. The Balaban J connectivity index is 1.44. The zero-order valence-corrected chi connectivity index (χ0v) is 18.1. The lowest BCUT2D eigenvalue weighted by molar-refractivity contribution is 0.114. The van der Waals surface area contributed by atoms with Gasteiger partial charge in [-0.15, -0.1) is 0 Å². The quantitative estimate of drug-likeness (QED) is 0.660. The molecule has 2 aliphatic heterocycles. The number of hydrogen-bond acceptors (Lipinski definition) is 4. The van der Waals surface area contributed by atoms with Gasteiger partial charge in [0, 0.05) is 29.8 Å². The maximum Gasteiger partial charge on any atom is 0.240 e. The fourth-order valence-corrected chi connectivity index (χ4v) is 6.22. The second-order valence-electron chi connectivity index (χ2n) is 8.23. The van der Waals surface area contributed by atoms with Crippen LogP contribution in [0.25, 0.3) is 0 Å². The fourth-order valence-electron chi connectivity index (χ4n) is 4.87. The molecule has 1 saturated heterocycles. The number of sulfonamides is 1. The van der Waals surface area contributed by atoms with Crippen LogP contribution >= 0.6 is 11.6 Å². The Morgan fingerprint density at radius 3 is 2.83 bits per heavy atom. The van der Waals surface area contributed by atoms with Crippen molar-refractivity contribution in [2.45, 2.75) is 42.2 Å². The number of nitrogens with one attached hydrogen (secondary N) is 2. The molecule has 3 aliphatic rings. The van der Waals surface area contributed by atoms with Gasteiger partial charge in [-0.05, 0) is 60.6 Å². The Morgan fingerprint density at radius 2 is 2.03 bits per heavy atom. The van der Waals surface area contributed by atoms with Crippen LogP contribution in [0.5, 0.6) is 0 Å². The van der Waals surface area contributed by atoms with Crippen LogP contribution < -0.4 is 10.0 Å². The minimum Gasteiger partial charge on any atom is -0.378 e. The van der Waals surface area contributed by atoms with Crippen molar-refractivity contribution >= 4 is 27.3 Å². The number of benzene rings is 2. The van der Waals surface area contributed by atoms with Crippen LogP contribution in [0.3, 0.4) is 0 Å². The fraction of sp³-hybridized carbons (Fsp3) is 0.391. The van der Waals surface area contributed by atoms with Gasteiger partial charge in [0.25, 0.3) is 0 Å². The smallest absolute Gasteiger partial charge is 0.240 e. The molecule has 4 atom stereocenters. The highest BCUT2D eigenvalue weighted by molar-refractivity contribution is 7.89. The van der Waals surface area contributed by atoms with Crippen LogP contribution in [0, 0.1) is 5.92 Å². The number of hydrogen-bond donors (Lipinski definition) is 2. The van der Waals surface area contributed by atoms with Crippen molar-refractivity contribution in [1.29, 1.82) is 0 Å². The van der Waals surface area contributed by atoms with E-state index in [0.29, 0.717) is 24.0 Å². The molecule has 2 aromatic carbocycles. The lowest BCUT2D eigenvalue weighted by Gasteiger charge is -2.38. The molecule has 0 bridgehead atoms. The molecular formula is C23H25ClN2O3S. The number of halogens is 1. The molecule has 4 unspecified atom stereocenters. The monoisotopic (exact) mass is 444 g/mol. The zero-order chi connectivity index (χ0) is 20.7. The molecule has 5 nitrogen and oxygen atoms in total. The molecule has 1 aliphatic carbocycles. The Hall–Kier alpha value is -1.86. The Labute approximate surface area is 182 Å². The molecule has 0 saturated carbocycles. The Bertz CT molecular complexity index is 1080. The van der Waals surface area contributed by atoms with Crippen molar-refractivity contribution < 1.29 is 13.2 Å². The minimum atomic E-state index is -3.59. The number of ether oxygens (including phenoxy) is 1. The third kappa shape index (κ3) is 3.66. The van der Waals surface area contributed by atoms with E-state index in [1.54, 1.807) is 6.07 Å². The van der Waals surface area contributed by atoms with Crippen molar-refractivity contribution in [3.05, 3.63) is 70.8 Å². The standard InChI is InChI=1S/C23H25ClN2O3S/c24-21-9-2-1-6-19(21)23-18-8-3-7-17(18)20-13-16(10-11-22(20)26-23)30(27,28)25-14-15-5-4-12-29-15/h1-3,6-7,9-11,13,15,17-18,23,25-26H,4-5,8,12,14H2. The van der Waals surface area contributed by atoms with E-state index in [1.165, 1.54) is 0 Å². The van der Waals surface area contributed by atoms with E-state index in [0.717, 1.165) is 41.1 Å². The first-order chi connectivity index (χ1) is 14.5. The van der Waals surface area contributed by atoms with Crippen molar-refractivity contribution in [3.8, 4) is 0 Å². The summed E-state index contributed by atoms with van der Waals surface area (Å²) in [6.45, 7) is 1.02. The molecule has 158 valence electrons. The first kappa shape index (κ1) is 20.1.